The molecule has 2 aromatic heterocycles. The van der Waals surface area contributed by atoms with E-state index in [9.17, 15) is 4.79 Å². The van der Waals surface area contributed by atoms with Crippen LogP contribution in [0, 0.1) is 0 Å². The summed E-state index contributed by atoms with van der Waals surface area (Å²) in [4.78, 5) is 18.6. The maximum atomic E-state index is 12.4. The number of rotatable bonds is 7. The fourth-order valence-corrected chi connectivity index (χ4v) is 3.18. The third kappa shape index (κ3) is 4.25. The number of hydrogen-bond donors (Lipinski definition) is 0. The fraction of sp³-hybridized carbons (Fsp3) is 0.350. The minimum Gasteiger partial charge on any atom is -0.472 e. The number of ether oxygens (including phenoxy) is 1. The van der Waals surface area contributed by atoms with Crippen LogP contribution in [0.5, 0.6) is 0 Å². The number of furan rings is 1. The van der Waals surface area contributed by atoms with E-state index in [0.29, 0.717) is 50.0 Å². The normalized spacial score (nSPS) is 16.7. The van der Waals surface area contributed by atoms with Gasteiger partial charge in [0.05, 0.1) is 31.0 Å². The van der Waals surface area contributed by atoms with Gasteiger partial charge >= 0.3 is 0 Å². The fourth-order valence-electron chi connectivity index (χ4n) is 3.18. The average molecular weight is 367 g/mol. The predicted molar refractivity (Wildman–Crippen MR) is 96.1 cm³/mol. The van der Waals surface area contributed by atoms with Crippen LogP contribution in [-0.2, 0) is 17.8 Å². The van der Waals surface area contributed by atoms with Gasteiger partial charge in [0.25, 0.3) is 5.91 Å². The first kappa shape index (κ1) is 17.5. The van der Waals surface area contributed by atoms with E-state index < -0.39 is 0 Å². The summed E-state index contributed by atoms with van der Waals surface area (Å²) in [6, 6.07) is 11.7. The molecule has 3 heterocycles. The van der Waals surface area contributed by atoms with E-state index in [0.717, 1.165) is 12.0 Å². The average Bonchev–Trinajstić information content (AvgIpc) is 3.47. The Balaban J connectivity index is 1.25. The Bertz CT molecular complexity index is 861. The number of carbonyl (C=O) groups excluding carboxylic acids is 1. The monoisotopic (exact) mass is 367 g/mol. The highest BCUT2D eigenvalue weighted by molar-refractivity contribution is 5.94. The van der Waals surface area contributed by atoms with Crippen LogP contribution < -0.4 is 0 Å². The van der Waals surface area contributed by atoms with Crippen LogP contribution >= 0.6 is 0 Å². The Hall–Kier alpha value is -2.93. The molecule has 27 heavy (non-hydrogen) atoms. The Morgan fingerprint density at radius 1 is 1.26 bits per heavy atom. The van der Waals surface area contributed by atoms with Crippen molar-refractivity contribution in [1.29, 1.82) is 0 Å². The molecule has 0 radical (unpaired) electrons. The second-order valence-corrected chi connectivity index (χ2v) is 6.59. The smallest absolute Gasteiger partial charge is 0.257 e. The van der Waals surface area contributed by atoms with Crippen LogP contribution in [0.4, 0.5) is 0 Å². The quantitative estimate of drug-likeness (QED) is 0.597. The van der Waals surface area contributed by atoms with Crippen molar-refractivity contribution in [3.8, 4) is 0 Å². The first-order valence-corrected chi connectivity index (χ1v) is 9.05. The molecule has 1 aromatic carbocycles. The lowest BCUT2D eigenvalue weighted by Gasteiger charge is -2.14. The van der Waals surface area contributed by atoms with Crippen molar-refractivity contribution < 1.29 is 18.5 Å². The van der Waals surface area contributed by atoms with Crippen LogP contribution in [0.2, 0.25) is 0 Å². The molecule has 0 saturated carbocycles. The third-order valence-electron chi connectivity index (χ3n) is 4.66. The van der Waals surface area contributed by atoms with Gasteiger partial charge in [0.1, 0.15) is 6.26 Å². The number of amides is 1. The number of likely N-dealkylation sites (tertiary alicyclic amines) is 1. The topological polar surface area (TPSA) is 81.6 Å². The Morgan fingerprint density at radius 3 is 2.96 bits per heavy atom. The first-order valence-electron chi connectivity index (χ1n) is 9.05. The van der Waals surface area contributed by atoms with Crippen molar-refractivity contribution in [2.24, 2.45) is 0 Å². The summed E-state index contributed by atoms with van der Waals surface area (Å²) >= 11 is 0. The predicted octanol–water partition coefficient (Wildman–Crippen LogP) is 3.05. The van der Waals surface area contributed by atoms with E-state index in [2.05, 4.69) is 10.1 Å². The van der Waals surface area contributed by atoms with E-state index in [-0.39, 0.29) is 11.8 Å². The summed E-state index contributed by atoms with van der Waals surface area (Å²) in [5.74, 6) is 1.28. The summed E-state index contributed by atoms with van der Waals surface area (Å²) in [5, 5.41) is 4.04. The Labute approximate surface area is 156 Å². The zero-order valence-electron chi connectivity index (χ0n) is 14.9. The molecule has 0 bridgehead atoms. The van der Waals surface area contributed by atoms with E-state index in [1.807, 2.05) is 30.3 Å². The lowest BCUT2D eigenvalue weighted by Crippen LogP contribution is -2.28. The van der Waals surface area contributed by atoms with Crippen molar-refractivity contribution >= 4 is 5.91 Å². The second kappa shape index (κ2) is 8.18. The first-order chi connectivity index (χ1) is 13.3. The van der Waals surface area contributed by atoms with Gasteiger partial charge in [-0.05, 0) is 18.1 Å². The zero-order chi connectivity index (χ0) is 18.5. The van der Waals surface area contributed by atoms with Crippen molar-refractivity contribution in [1.82, 2.24) is 15.0 Å². The number of benzene rings is 1. The van der Waals surface area contributed by atoms with Gasteiger partial charge in [0.15, 0.2) is 5.82 Å². The minimum atomic E-state index is -0.0275. The molecule has 0 spiro atoms. The van der Waals surface area contributed by atoms with Gasteiger partial charge in [0, 0.05) is 19.5 Å². The van der Waals surface area contributed by atoms with Crippen LogP contribution in [-0.4, -0.2) is 40.6 Å². The molecule has 0 aliphatic carbocycles. The van der Waals surface area contributed by atoms with Gasteiger partial charge in [-0.2, -0.15) is 4.98 Å². The molecule has 1 amide bonds. The van der Waals surface area contributed by atoms with Crippen molar-refractivity contribution in [2.75, 3.05) is 19.7 Å². The Morgan fingerprint density at radius 2 is 2.15 bits per heavy atom. The van der Waals surface area contributed by atoms with Gasteiger partial charge in [0.2, 0.25) is 5.89 Å². The number of carbonyl (C=O) groups is 1. The highest BCUT2D eigenvalue weighted by atomic mass is 16.5. The molecule has 1 saturated heterocycles. The van der Waals surface area contributed by atoms with Gasteiger partial charge in [-0.3, -0.25) is 4.79 Å². The molecule has 7 nitrogen and oxygen atoms in total. The summed E-state index contributed by atoms with van der Waals surface area (Å²) in [5.41, 5.74) is 1.71. The highest BCUT2D eigenvalue weighted by Crippen LogP contribution is 2.27. The van der Waals surface area contributed by atoms with Crippen molar-refractivity contribution in [3.63, 3.8) is 0 Å². The zero-order valence-corrected chi connectivity index (χ0v) is 14.9. The standard InChI is InChI=1S/C20H21N3O4/c24-20(17-7-10-26-14-17)23-9-6-16(12-23)19-21-18(22-27-19)8-11-25-13-15-4-2-1-3-5-15/h1-5,7,10,14,16H,6,8-9,11-13H2. The van der Waals surface area contributed by atoms with Crippen LogP contribution in [0.3, 0.4) is 0 Å². The number of nitrogens with zero attached hydrogens (tertiary/aromatic N) is 3. The number of aromatic nitrogens is 2. The van der Waals surface area contributed by atoms with Crippen molar-refractivity contribution in [3.05, 3.63) is 71.8 Å². The second-order valence-electron chi connectivity index (χ2n) is 6.59. The molecule has 7 heteroatoms. The van der Waals surface area contributed by atoms with Crippen LogP contribution in [0.25, 0.3) is 0 Å². The molecule has 1 atom stereocenters. The van der Waals surface area contributed by atoms with Gasteiger partial charge in [-0.25, -0.2) is 0 Å². The van der Waals surface area contributed by atoms with Gasteiger partial charge in [-0.15, -0.1) is 0 Å². The lowest BCUT2D eigenvalue weighted by atomic mass is 10.1. The number of hydrogen-bond acceptors (Lipinski definition) is 6. The molecular weight excluding hydrogens is 346 g/mol. The van der Waals surface area contributed by atoms with E-state index in [4.69, 9.17) is 13.7 Å². The third-order valence-corrected chi connectivity index (χ3v) is 4.66. The summed E-state index contributed by atoms with van der Waals surface area (Å²) < 4.78 is 16.1. The van der Waals surface area contributed by atoms with Crippen molar-refractivity contribution in [2.45, 2.75) is 25.4 Å². The van der Waals surface area contributed by atoms with E-state index in [1.165, 1.54) is 12.5 Å². The molecule has 0 N–H and O–H groups in total. The van der Waals surface area contributed by atoms with E-state index in [1.54, 1.807) is 11.0 Å². The summed E-state index contributed by atoms with van der Waals surface area (Å²) in [6.07, 6.45) is 4.39. The molecule has 140 valence electrons. The highest BCUT2D eigenvalue weighted by Gasteiger charge is 2.31. The summed E-state index contributed by atoms with van der Waals surface area (Å²) in [6.45, 7) is 2.35. The molecule has 4 rings (SSSR count). The Kier molecular flexibility index (Phi) is 5.29. The molecule has 1 unspecified atom stereocenters. The summed E-state index contributed by atoms with van der Waals surface area (Å²) in [7, 11) is 0. The molecule has 3 aromatic rings. The SMILES string of the molecule is O=C(c1ccoc1)N1CCC(c2nc(CCOCc3ccccc3)no2)C1. The molecule has 1 fully saturated rings. The maximum absolute atomic E-state index is 12.4. The molecular formula is C20H21N3O4. The molecule has 1 aliphatic heterocycles. The van der Waals surface area contributed by atoms with E-state index >= 15 is 0 Å². The van der Waals surface area contributed by atoms with Crippen LogP contribution in [0.1, 0.15) is 40.0 Å². The van der Waals surface area contributed by atoms with Gasteiger partial charge in [-0.1, -0.05) is 35.5 Å². The minimum absolute atomic E-state index is 0.0275. The largest absolute Gasteiger partial charge is 0.472 e. The lowest BCUT2D eigenvalue weighted by molar-refractivity contribution is 0.0789. The molecule has 1 aliphatic rings. The van der Waals surface area contributed by atoms with Gasteiger partial charge < -0.3 is 18.6 Å². The maximum Gasteiger partial charge on any atom is 0.257 e. The van der Waals surface area contributed by atoms with Crippen LogP contribution in [0.15, 0.2) is 57.9 Å².